The first-order valence-electron chi connectivity index (χ1n) is 10.1. The van der Waals surface area contributed by atoms with Gasteiger partial charge in [-0.1, -0.05) is 35.5 Å². The van der Waals surface area contributed by atoms with E-state index in [9.17, 15) is 13.2 Å². The quantitative estimate of drug-likeness (QED) is 0.336. The number of hydrogen-bond donors (Lipinski definition) is 0. The standard InChI is InChI=1S/C24H21N3O6S/c1-31-18-9-12-22(23(13-18)32-2)27-14-21(25-26-27)20-5-3-4-6-24(20)34(29,30)19-10-7-17(8-11-19)15-33-16-28/h3-14,16H,15H2,1-2H3. The zero-order chi connectivity index (χ0) is 24.1. The molecule has 0 aliphatic heterocycles. The Balaban J connectivity index is 1.71. The van der Waals surface area contributed by atoms with E-state index in [0.717, 1.165) is 0 Å². The van der Waals surface area contributed by atoms with E-state index in [1.807, 2.05) is 0 Å². The van der Waals surface area contributed by atoms with Gasteiger partial charge in [0, 0.05) is 11.6 Å². The first-order chi connectivity index (χ1) is 16.5. The first-order valence-corrected chi connectivity index (χ1v) is 11.6. The minimum Gasteiger partial charge on any atom is -0.497 e. The molecule has 0 saturated heterocycles. The Labute approximate surface area is 196 Å². The molecular formula is C24H21N3O6S. The van der Waals surface area contributed by atoms with Crippen LogP contribution in [0, 0.1) is 0 Å². The molecule has 0 amide bonds. The van der Waals surface area contributed by atoms with Crippen LogP contribution in [0.2, 0.25) is 0 Å². The highest BCUT2D eigenvalue weighted by Crippen LogP contribution is 2.32. The highest BCUT2D eigenvalue weighted by Gasteiger charge is 2.23. The van der Waals surface area contributed by atoms with Gasteiger partial charge in [-0.2, -0.15) is 0 Å². The molecule has 34 heavy (non-hydrogen) atoms. The lowest BCUT2D eigenvalue weighted by atomic mass is 10.2. The fourth-order valence-electron chi connectivity index (χ4n) is 3.41. The summed E-state index contributed by atoms with van der Waals surface area (Å²) < 4.78 is 43.7. The molecule has 9 nitrogen and oxygen atoms in total. The van der Waals surface area contributed by atoms with Crippen molar-refractivity contribution in [3.8, 4) is 28.4 Å². The summed E-state index contributed by atoms with van der Waals surface area (Å²) in [7, 11) is -0.763. The normalized spacial score (nSPS) is 11.1. The summed E-state index contributed by atoms with van der Waals surface area (Å²) in [5, 5.41) is 8.38. The second-order valence-corrected chi connectivity index (χ2v) is 9.06. The lowest BCUT2D eigenvalue weighted by Crippen LogP contribution is -2.04. The van der Waals surface area contributed by atoms with Gasteiger partial charge in [0.05, 0.1) is 30.2 Å². The fourth-order valence-corrected chi connectivity index (χ4v) is 4.88. The van der Waals surface area contributed by atoms with Gasteiger partial charge in [0.2, 0.25) is 9.84 Å². The van der Waals surface area contributed by atoms with Gasteiger partial charge in [-0.05, 0) is 35.9 Å². The molecular weight excluding hydrogens is 458 g/mol. The van der Waals surface area contributed by atoms with Gasteiger partial charge in [-0.3, -0.25) is 4.79 Å². The van der Waals surface area contributed by atoms with E-state index < -0.39 is 9.84 Å². The number of benzene rings is 3. The zero-order valence-corrected chi connectivity index (χ0v) is 19.2. The third-order valence-electron chi connectivity index (χ3n) is 5.13. The van der Waals surface area contributed by atoms with E-state index in [2.05, 4.69) is 10.3 Å². The third kappa shape index (κ3) is 4.48. The molecule has 0 radical (unpaired) electrons. The smallest absolute Gasteiger partial charge is 0.293 e. The molecule has 0 bridgehead atoms. The van der Waals surface area contributed by atoms with Crippen LogP contribution in [0.15, 0.2) is 82.7 Å². The van der Waals surface area contributed by atoms with Gasteiger partial charge >= 0.3 is 0 Å². The summed E-state index contributed by atoms with van der Waals surface area (Å²) in [5.74, 6) is 1.15. The van der Waals surface area contributed by atoms with Crippen LogP contribution in [0.1, 0.15) is 5.56 Å². The van der Waals surface area contributed by atoms with Crippen LogP contribution < -0.4 is 9.47 Å². The number of ether oxygens (including phenoxy) is 3. The molecule has 0 N–H and O–H groups in total. The predicted octanol–water partition coefficient (Wildman–Crippen LogP) is 3.46. The Bertz CT molecular complexity index is 1410. The second-order valence-electron chi connectivity index (χ2n) is 7.14. The summed E-state index contributed by atoms with van der Waals surface area (Å²) >= 11 is 0. The SMILES string of the molecule is COc1ccc(-n2cc(-c3ccccc3S(=O)(=O)c3ccc(COC=O)cc3)nn2)c(OC)c1. The minimum atomic E-state index is -3.86. The van der Waals surface area contributed by atoms with E-state index in [4.69, 9.17) is 14.2 Å². The van der Waals surface area contributed by atoms with Gasteiger partial charge in [-0.25, -0.2) is 13.1 Å². The van der Waals surface area contributed by atoms with Gasteiger partial charge in [-0.15, -0.1) is 5.10 Å². The highest BCUT2D eigenvalue weighted by atomic mass is 32.2. The Hall–Kier alpha value is -4.18. The van der Waals surface area contributed by atoms with E-state index in [0.29, 0.717) is 40.5 Å². The molecule has 1 heterocycles. The summed E-state index contributed by atoms with van der Waals surface area (Å²) in [4.78, 5) is 10.6. The third-order valence-corrected chi connectivity index (χ3v) is 6.96. The topological polar surface area (TPSA) is 110 Å². The van der Waals surface area contributed by atoms with E-state index >= 15 is 0 Å². The van der Waals surface area contributed by atoms with Crippen molar-refractivity contribution < 1.29 is 27.4 Å². The lowest BCUT2D eigenvalue weighted by molar-refractivity contribution is -0.129. The fraction of sp³-hybridized carbons (Fsp3) is 0.125. The maximum absolute atomic E-state index is 13.4. The van der Waals surface area contributed by atoms with Crippen molar-refractivity contribution in [2.75, 3.05) is 14.2 Å². The van der Waals surface area contributed by atoms with E-state index in [-0.39, 0.29) is 16.4 Å². The van der Waals surface area contributed by atoms with Gasteiger partial charge in [0.1, 0.15) is 29.5 Å². The summed E-state index contributed by atoms with van der Waals surface area (Å²) in [5.41, 5.74) is 2.09. The molecule has 3 aromatic carbocycles. The summed E-state index contributed by atoms with van der Waals surface area (Å²) in [6, 6.07) is 18.0. The number of hydrogen-bond acceptors (Lipinski definition) is 8. The van der Waals surface area contributed by atoms with Crippen LogP contribution >= 0.6 is 0 Å². The predicted molar refractivity (Wildman–Crippen MR) is 123 cm³/mol. The van der Waals surface area contributed by atoms with Crippen molar-refractivity contribution in [3.63, 3.8) is 0 Å². The second kappa shape index (κ2) is 9.75. The molecule has 174 valence electrons. The average molecular weight is 480 g/mol. The largest absolute Gasteiger partial charge is 0.497 e. The molecule has 4 rings (SSSR count). The van der Waals surface area contributed by atoms with Gasteiger partial charge in [0.15, 0.2) is 0 Å². The van der Waals surface area contributed by atoms with Crippen molar-refractivity contribution in [1.82, 2.24) is 15.0 Å². The number of aromatic nitrogens is 3. The Kier molecular flexibility index (Phi) is 6.60. The van der Waals surface area contributed by atoms with Gasteiger partial charge < -0.3 is 14.2 Å². The van der Waals surface area contributed by atoms with Crippen molar-refractivity contribution in [2.24, 2.45) is 0 Å². The van der Waals surface area contributed by atoms with Crippen LogP contribution in [0.4, 0.5) is 0 Å². The molecule has 0 aliphatic rings. The molecule has 1 aromatic heterocycles. The van der Waals surface area contributed by atoms with Crippen LogP contribution in [-0.2, 0) is 26.0 Å². The molecule has 0 unspecified atom stereocenters. The van der Waals surface area contributed by atoms with Crippen molar-refractivity contribution in [3.05, 3.63) is 78.5 Å². The van der Waals surface area contributed by atoms with Crippen molar-refractivity contribution in [2.45, 2.75) is 16.4 Å². The molecule has 0 fully saturated rings. The Morgan fingerprint density at radius 1 is 0.971 bits per heavy atom. The van der Waals surface area contributed by atoms with Crippen LogP contribution in [0.5, 0.6) is 11.5 Å². The zero-order valence-electron chi connectivity index (χ0n) is 18.4. The van der Waals surface area contributed by atoms with Crippen LogP contribution in [0.25, 0.3) is 16.9 Å². The average Bonchev–Trinajstić information content (AvgIpc) is 3.37. The number of carbonyl (C=O) groups is 1. The van der Waals surface area contributed by atoms with E-state index in [1.54, 1.807) is 61.8 Å². The Morgan fingerprint density at radius 2 is 1.74 bits per heavy atom. The maximum atomic E-state index is 13.4. The molecule has 4 aromatic rings. The maximum Gasteiger partial charge on any atom is 0.293 e. The lowest BCUT2D eigenvalue weighted by Gasteiger charge is -2.10. The monoisotopic (exact) mass is 479 g/mol. The molecule has 0 saturated carbocycles. The molecule has 10 heteroatoms. The van der Waals surface area contributed by atoms with E-state index in [1.165, 1.54) is 30.0 Å². The summed E-state index contributed by atoms with van der Waals surface area (Å²) in [6.07, 6.45) is 1.64. The minimum absolute atomic E-state index is 0.0678. The molecule has 0 atom stereocenters. The summed E-state index contributed by atoms with van der Waals surface area (Å²) in [6.45, 7) is 0.411. The number of methoxy groups -OCH3 is 2. The van der Waals surface area contributed by atoms with Crippen molar-refractivity contribution >= 4 is 16.3 Å². The number of carbonyl (C=O) groups excluding carboxylic acids is 1. The highest BCUT2D eigenvalue weighted by molar-refractivity contribution is 7.91. The molecule has 0 spiro atoms. The van der Waals surface area contributed by atoms with Crippen molar-refractivity contribution in [1.29, 1.82) is 0 Å². The van der Waals surface area contributed by atoms with Gasteiger partial charge in [0.25, 0.3) is 6.47 Å². The number of nitrogens with zero attached hydrogens (tertiary/aromatic N) is 3. The number of rotatable bonds is 9. The van der Waals surface area contributed by atoms with Crippen LogP contribution in [0.3, 0.4) is 0 Å². The Morgan fingerprint density at radius 3 is 2.44 bits per heavy atom. The number of sulfone groups is 1. The first kappa shape index (κ1) is 23.0. The van der Waals surface area contributed by atoms with Crippen LogP contribution in [-0.4, -0.2) is 44.1 Å². The molecule has 0 aliphatic carbocycles.